The van der Waals surface area contributed by atoms with Crippen LogP contribution in [-0.2, 0) is 0 Å². The minimum absolute atomic E-state index is 0.648. The number of rotatable bonds is 3. The summed E-state index contributed by atoms with van der Waals surface area (Å²) in [5, 5.41) is 1.40. The predicted molar refractivity (Wildman–Crippen MR) is 59.2 cm³/mol. The molecule has 0 saturated heterocycles. The first-order chi connectivity index (χ1) is 6.24. The maximum atomic E-state index is 5.93. The first kappa shape index (κ1) is 10.6. The summed E-state index contributed by atoms with van der Waals surface area (Å²) in [6.07, 6.45) is 4.77. The van der Waals surface area contributed by atoms with Crippen molar-refractivity contribution in [2.75, 3.05) is 6.54 Å². The lowest BCUT2D eigenvalue weighted by molar-refractivity contribution is 1.01. The lowest BCUT2D eigenvalue weighted by Gasteiger charge is -1.98. The van der Waals surface area contributed by atoms with Gasteiger partial charge in [0.05, 0.1) is 0 Å². The highest BCUT2D eigenvalue weighted by Gasteiger charge is 1.96. The van der Waals surface area contributed by atoms with E-state index < -0.39 is 0 Å². The minimum atomic E-state index is 0.648. The Morgan fingerprint density at radius 2 is 2.08 bits per heavy atom. The molecule has 0 aliphatic carbocycles. The third-order valence-corrected chi connectivity index (χ3v) is 2.17. The molecule has 1 rings (SSSR count). The zero-order valence-corrected chi connectivity index (χ0v) is 8.65. The van der Waals surface area contributed by atoms with Crippen molar-refractivity contribution in [1.29, 1.82) is 0 Å². The highest BCUT2D eigenvalue weighted by molar-refractivity contribution is 6.34. The highest BCUT2D eigenvalue weighted by atomic mass is 35.5. The highest BCUT2D eigenvalue weighted by Crippen LogP contribution is 2.21. The third-order valence-electron chi connectivity index (χ3n) is 1.59. The van der Waals surface area contributed by atoms with Crippen LogP contribution in [0.1, 0.15) is 12.0 Å². The molecule has 0 saturated carbocycles. The molecular weight excluding hydrogens is 205 g/mol. The van der Waals surface area contributed by atoms with Gasteiger partial charge in [0, 0.05) is 10.0 Å². The molecule has 0 radical (unpaired) electrons. The smallest absolute Gasteiger partial charge is 0.0479 e. The predicted octanol–water partition coefficient (Wildman–Crippen LogP) is 3.36. The fourth-order valence-electron chi connectivity index (χ4n) is 0.949. The molecule has 0 fully saturated rings. The van der Waals surface area contributed by atoms with Crippen molar-refractivity contribution < 1.29 is 0 Å². The molecule has 0 unspecified atom stereocenters. The zero-order valence-electron chi connectivity index (χ0n) is 7.13. The van der Waals surface area contributed by atoms with E-state index >= 15 is 0 Å². The van der Waals surface area contributed by atoms with Crippen molar-refractivity contribution in [2.24, 2.45) is 5.73 Å². The summed E-state index contributed by atoms with van der Waals surface area (Å²) < 4.78 is 0. The van der Waals surface area contributed by atoms with E-state index in [0.29, 0.717) is 16.6 Å². The summed E-state index contributed by atoms with van der Waals surface area (Å²) in [4.78, 5) is 0. The van der Waals surface area contributed by atoms with Gasteiger partial charge in [0.25, 0.3) is 0 Å². The van der Waals surface area contributed by atoms with Crippen molar-refractivity contribution in [3.63, 3.8) is 0 Å². The molecule has 1 aromatic carbocycles. The van der Waals surface area contributed by atoms with Gasteiger partial charge in [-0.3, -0.25) is 0 Å². The first-order valence-corrected chi connectivity index (χ1v) is 4.81. The van der Waals surface area contributed by atoms with Gasteiger partial charge < -0.3 is 5.73 Å². The largest absolute Gasteiger partial charge is 0.330 e. The van der Waals surface area contributed by atoms with Gasteiger partial charge in [-0.1, -0.05) is 35.4 Å². The Hall–Kier alpha value is -0.500. The van der Waals surface area contributed by atoms with Crippen LogP contribution in [0.25, 0.3) is 6.08 Å². The number of nitrogens with two attached hydrogens (primary N) is 1. The first-order valence-electron chi connectivity index (χ1n) is 4.05. The Morgan fingerprint density at radius 1 is 1.31 bits per heavy atom. The molecule has 70 valence electrons. The Morgan fingerprint density at radius 3 is 2.77 bits per heavy atom. The van der Waals surface area contributed by atoms with Crippen molar-refractivity contribution in [2.45, 2.75) is 6.42 Å². The van der Waals surface area contributed by atoms with Crippen molar-refractivity contribution >= 4 is 29.3 Å². The minimum Gasteiger partial charge on any atom is -0.330 e. The Balaban J connectivity index is 2.81. The van der Waals surface area contributed by atoms with Crippen LogP contribution in [0.5, 0.6) is 0 Å². The second-order valence-electron chi connectivity index (χ2n) is 2.65. The molecule has 0 spiro atoms. The van der Waals surface area contributed by atoms with Gasteiger partial charge in [-0.15, -0.1) is 0 Å². The Labute approximate surface area is 88.1 Å². The van der Waals surface area contributed by atoms with Crippen LogP contribution in [0.3, 0.4) is 0 Å². The summed E-state index contributed by atoms with van der Waals surface area (Å²) in [6.45, 7) is 0.648. The van der Waals surface area contributed by atoms with Crippen LogP contribution in [0, 0.1) is 0 Å². The zero-order chi connectivity index (χ0) is 9.68. The molecule has 0 heterocycles. The van der Waals surface area contributed by atoms with Crippen LogP contribution >= 0.6 is 23.2 Å². The van der Waals surface area contributed by atoms with Gasteiger partial charge in [-0.2, -0.15) is 0 Å². The number of benzene rings is 1. The molecule has 0 aliphatic rings. The normalized spacial score (nSPS) is 11.0. The molecule has 0 amide bonds. The number of halogens is 2. The molecule has 13 heavy (non-hydrogen) atoms. The molecule has 3 heteroatoms. The van der Waals surface area contributed by atoms with E-state index in [-0.39, 0.29) is 0 Å². The SMILES string of the molecule is NCCC=Cc1cc(Cl)ccc1Cl. The van der Waals surface area contributed by atoms with Gasteiger partial charge in [0.1, 0.15) is 0 Å². The summed E-state index contributed by atoms with van der Waals surface area (Å²) >= 11 is 11.7. The molecule has 0 atom stereocenters. The van der Waals surface area contributed by atoms with Crippen LogP contribution in [0.15, 0.2) is 24.3 Å². The van der Waals surface area contributed by atoms with Gasteiger partial charge in [-0.25, -0.2) is 0 Å². The number of hydrogen-bond donors (Lipinski definition) is 1. The van der Waals surface area contributed by atoms with Gasteiger partial charge in [-0.05, 0) is 36.7 Å². The third kappa shape index (κ3) is 3.39. The average Bonchev–Trinajstić information content (AvgIpc) is 2.11. The monoisotopic (exact) mass is 215 g/mol. The van der Waals surface area contributed by atoms with E-state index in [1.165, 1.54) is 0 Å². The van der Waals surface area contributed by atoms with Gasteiger partial charge in [0.15, 0.2) is 0 Å². The average molecular weight is 216 g/mol. The number of hydrogen-bond acceptors (Lipinski definition) is 1. The topological polar surface area (TPSA) is 26.0 Å². The second-order valence-corrected chi connectivity index (χ2v) is 3.49. The molecule has 1 aromatic rings. The summed E-state index contributed by atoms with van der Waals surface area (Å²) in [7, 11) is 0. The quantitative estimate of drug-likeness (QED) is 0.823. The van der Waals surface area contributed by atoms with E-state index in [1.54, 1.807) is 12.1 Å². The molecule has 0 bridgehead atoms. The maximum absolute atomic E-state index is 5.93. The van der Waals surface area contributed by atoms with Crippen LogP contribution in [-0.4, -0.2) is 6.54 Å². The summed E-state index contributed by atoms with van der Waals surface area (Å²) in [6, 6.07) is 5.38. The molecule has 2 N–H and O–H groups in total. The molecule has 1 nitrogen and oxygen atoms in total. The van der Waals surface area contributed by atoms with Crippen molar-refractivity contribution in [3.8, 4) is 0 Å². The van der Waals surface area contributed by atoms with Crippen LogP contribution in [0.4, 0.5) is 0 Å². The lowest BCUT2D eigenvalue weighted by atomic mass is 10.2. The van der Waals surface area contributed by atoms with E-state index in [0.717, 1.165) is 12.0 Å². The van der Waals surface area contributed by atoms with E-state index in [1.807, 2.05) is 18.2 Å². The summed E-state index contributed by atoms with van der Waals surface area (Å²) in [5.74, 6) is 0. The molecule has 0 aromatic heterocycles. The van der Waals surface area contributed by atoms with E-state index in [9.17, 15) is 0 Å². The fraction of sp³-hybridized carbons (Fsp3) is 0.200. The van der Waals surface area contributed by atoms with Crippen molar-refractivity contribution in [1.82, 2.24) is 0 Å². The maximum Gasteiger partial charge on any atom is 0.0479 e. The lowest BCUT2D eigenvalue weighted by Crippen LogP contribution is -1.94. The summed E-state index contributed by atoms with van der Waals surface area (Å²) in [5.41, 5.74) is 6.28. The molecule has 0 aliphatic heterocycles. The standard InChI is InChI=1S/C10H11Cl2N/c11-9-4-5-10(12)8(7-9)3-1-2-6-13/h1,3-5,7H,2,6,13H2. The van der Waals surface area contributed by atoms with E-state index in [4.69, 9.17) is 28.9 Å². The molecular formula is C10H11Cl2N. The van der Waals surface area contributed by atoms with Gasteiger partial charge in [0.2, 0.25) is 0 Å². The van der Waals surface area contributed by atoms with Crippen molar-refractivity contribution in [3.05, 3.63) is 39.9 Å². The van der Waals surface area contributed by atoms with E-state index in [2.05, 4.69) is 0 Å². The fourth-order valence-corrected chi connectivity index (χ4v) is 1.31. The Kier molecular flexibility index (Phi) is 4.29. The van der Waals surface area contributed by atoms with Crippen LogP contribution in [0.2, 0.25) is 10.0 Å². The van der Waals surface area contributed by atoms with Crippen LogP contribution < -0.4 is 5.73 Å². The second kappa shape index (κ2) is 5.28. The van der Waals surface area contributed by atoms with Gasteiger partial charge >= 0.3 is 0 Å². The Bertz CT molecular complexity index is 308.